The highest BCUT2D eigenvalue weighted by atomic mass is 32.1. The van der Waals surface area contributed by atoms with E-state index in [0.29, 0.717) is 17.8 Å². The fourth-order valence-electron chi connectivity index (χ4n) is 3.00. The van der Waals surface area contributed by atoms with Gasteiger partial charge in [0.2, 0.25) is 0 Å². The van der Waals surface area contributed by atoms with Crippen molar-refractivity contribution < 1.29 is 4.79 Å². The maximum absolute atomic E-state index is 12.3. The third-order valence-electron chi connectivity index (χ3n) is 4.32. The van der Waals surface area contributed by atoms with Crippen LogP contribution in [-0.4, -0.2) is 33.0 Å². The first-order valence-corrected chi connectivity index (χ1v) is 9.00. The van der Waals surface area contributed by atoms with E-state index in [1.165, 1.54) is 4.88 Å². The number of carbonyl (C=O) groups excluding carboxylic acids is 1. The smallest absolute Gasteiger partial charge is 0.273 e. The molecule has 1 saturated carbocycles. The SMILES string of the molecule is C[C@H](Cc1cccs1)NC(=O)c1cn(C2CCC(N)CC2)nn1. The van der Waals surface area contributed by atoms with Crippen molar-refractivity contribution in [2.24, 2.45) is 5.73 Å². The van der Waals surface area contributed by atoms with E-state index in [2.05, 4.69) is 21.7 Å². The maximum atomic E-state index is 12.3. The summed E-state index contributed by atoms with van der Waals surface area (Å²) in [5.41, 5.74) is 6.32. The van der Waals surface area contributed by atoms with E-state index in [0.717, 1.165) is 32.1 Å². The molecule has 0 radical (unpaired) electrons. The average molecular weight is 333 g/mol. The molecule has 3 N–H and O–H groups in total. The predicted molar refractivity (Wildman–Crippen MR) is 90.5 cm³/mol. The van der Waals surface area contributed by atoms with Crippen molar-refractivity contribution in [1.82, 2.24) is 20.3 Å². The normalized spacial score (nSPS) is 22.7. The Bertz CT molecular complexity index is 631. The van der Waals surface area contributed by atoms with Crippen LogP contribution in [0.3, 0.4) is 0 Å². The molecule has 3 rings (SSSR count). The first-order chi connectivity index (χ1) is 11.1. The van der Waals surface area contributed by atoms with E-state index >= 15 is 0 Å². The summed E-state index contributed by atoms with van der Waals surface area (Å²) in [6, 6.07) is 4.79. The van der Waals surface area contributed by atoms with Gasteiger partial charge in [-0.2, -0.15) is 0 Å². The van der Waals surface area contributed by atoms with Crippen LogP contribution in [0.5, 0.6) is 0 Å². The molecule has 1 aliphatic rings. The summed E-state index contributed by atoms with van der Waals surface area (Å²) in [5.74, 6) is -0.159. The molecule has 0 saturated heterocycles. The Kier molecular flexibility index (Phi) is 5.07. The van der Waals surface area contributed by atoms with E-state index in [-0.39, 0.29) is 11.9 Å². The summed E-state index contributed by atoms with van der Waals surface area (Å²) >= 11 is 1.70. The Hall–Kier alpha value is -1.73. The van der Waals surface area contributed by atoms with E-state index < -0.39 is 0 Å². The molecular formula is C16H23N5OS. The van der Waals surface area contributed by atoms with Crippen molar-refractivity contribution in [3.8, 4) is 0 Å². The van der Waals surface area contributed by atoms with Crippen LogP contribution in [0, 0.1) is 0 Å². The minimum Gasteiger partial charge on any atom is -0.348 e. The molecule has 0 aromatic carbocycles. The Morgan fingerprint density at radius 2 is 2.26 bits per heavy atom. The van der Waals surface area contributed by atoms with Gasteiger partial charge in [-0.3, -0.25) is 4.79 Å². The number of hydrogen-bond acceptors (Lipinski definition) is 5. The molecule has 1 fully saturated rings. The Morgan fingerprint density at radius 1 is 1.48 bits per heavy atom. The third-order valence-corrected chi connectivity index (χ3v) is 5.22. The van der Waals surface area contributed by atoms with Crippen LogP contribution in [0.25, 0.3) is 0 Å². The maximum Gasteiger partial charge on any atom is 0.273 e. The monoisotopic (exact) mass is 333 g/mol. The lowest BCUT2D eigenvalue weighted by Crippen LogP contribution is -2.34. The van der Waals surface area contributed by atoms with Crippen LogP contribution in [0.4, 0.5) is 0 Å². The molecule has 0 aliphatic heterocycles. The zero-order chi connectivity index (χ0) is 16.2. The van der Waals surface area contributed by atoms with Gasteiger partial charge in [-0.1, -0.05) is 11.3 Å². The van der Waals surface area contributed by atoms with Crippen LogP contribution in [0.15, 0.2) is 23.7 Å². The predicted octanol–water partition coefficient (Wildman–Crippen LogP) is 2.14. The lowest BCUT2D eigenvalue weighted by Gasteiger charge is -2.25. The van der Waals surface area contributed by atoms with Crippen LogP contribution < -0.4 is 11.1 Å². The van der Waals surface area contributed by atoms with Crippen molar-refractivity contribution in [2.45, 2.75) is 57.2 Å². The lowest BCUT2D eigenvalue weighted by molar-refractivity contribution is 0.0935. The number of amides is 1. The highest BCUT2D eigenvalue weighted by Crippen LogP contribution is 2.26. The third kappa shape index (κ3) is 4.17. The molecule has 1 atom stereocenters. The minimum absolute atomic E-state index is 0.0685. The number of nitrogens with zero attached hydrogens (tertiary/aromatic N) is 3. The zero-order valence-electron chi connectivity index (χ0n) is 13.3. The van der Waals surface area contributed by atoms with Gasteiger partial charge in [-0.25, -0.2) is 4.68 Å². The van der Waals surface area contributed by atoms with Crippen LogP contribution in [-0.2, 0) is 6.42 Å². The Balaban J connectivity index is 1.55. The second-order valence-electron chi connectivity index (χ2n) is 6.31. The van der Waals surface area contributed by atoms with Crippen LogP contribution in [0.1, 0.15) is 54.0 Å². The molecule has 0 unspecified atom stereocenters. The molecule has 1 aliphatic carbocycles. The number of thiophene rings is 1. The summed E-state index contributed by atoms with van der Waals surface area (Å²) in [6.07, 6.45) is 6.60. The number of carbonyl (C=O) groups is 1. The summed E-state index contributed by atoms with van der Waals surface area (Å²) < 4.78 is 1.82. The van der Waals surface area contributed by atoms with Gasteiger partial charge in [0.1, 0.15) is 0 Å². The van der Waals surface area contributed by atoms with E-state index in [4.69, 9.17) is 5.73 Å². The van der Waals surface area contributed by atoms with E-state index in [1.54, 1.807) is 17.5 Å². The van der Waals surface area contributed by atoms with Gasteiger partial charge in [0.05, 0.1) is 12.2 Å². The highest BCUT2D eigenvalue weighted by molar-refractivity contribution is 7.09. The Morgan fingerprint density at radius 3 is 2.96 bits per heavy atom. The molecule has 23 heavy (non-hydrogen) atoms. The minimum atomic E-state index is -0.159. The molecule has 2 aromatic heterocycles. The molecule has 6 nitrogen and oxygen atoms in total. The molecule has 124 valence electrons. The molecule has 2 heterocycles. The van der Waals surface area contributed by atoms with Gasteiger partial charge in [0.25, 0.3) is 5.91 Å². The highest BCUT2D eigenvalue weighted by Gasteiger charge is 2.22. The summed E-state index contributed by atoms with van der Waals surface area (Å²) in [5, 5.41) is 13.2. The first-order valence-electron chi connectivity index (χ1n) is 8.12. The standard InChI is InChI=1S/C16H23N5OS/c1-11(9-14-3-2-8-23-14)18-16(22)15-10-21(20-19-15)13-6-4-12(17)5-7-13/h2-3,8,10-13H,4-7,9,17H2,1H3,(H,18,22)/t11-,12?,13?/m1/s1. The first kappa shape index (κ1) is 16.1. The number of rotatable bonds is 5. The quantitative estimate of drug-likeness (QED) is 0.878. The molecule has 0 spiro atoms. The number of nitrogens with two attached hydrogens (primary N) is 1. The van der Waals surface area contributed by atoms with Gasteiger partial charge >= 0.3 is 0 Å². The van der Waals surface area contributed by atoms with E-state index in [1.807, 2.05) is 23.1 Å². The second kappa shape index (κ2) is 7.23. The second-order valence-corrected chi connectivity index (χ2v) is 7.34. The van der Waals surface area contributed by atoms with Gasteiger partial charge in [-0.05, 0) is 44.1 Å². The number of aromatic nitrogens is 3. The van der Waals surface area contributed by atoms with Crippen LogP contribution in [0.2, 0.25) is 0 Å². The van der Waals surface area contributed by atoms with Crippen molar-refractivity contribution in [3.63, 3.8) is 0 Å². The van der Waals surface area contributed by atoms with Crippen molar-refractivity contribution >= 4 is 17.2 Å². The van der Waals surface area contributed by atoms with Crippen LogP contribution >= 0.6 is 11.3 Å². The fourth-order valence-corrected chi connectivity index (χ4v) is 3.84. The van der Waals surface area contributed by atoms with Crippen molar-refractivity contribution in [1.29, 1.82) is 0 Å². The molecule has 2 aromatic rings. The molecule has 0 bridgehead atoms. The number of hydrogen-bond donors (Lipinski definition) is 2. The lowest BCUT2D eigenvalue weighted by atomic mass is 9.92. The zero-order valence-corrected chi connectivity index (χ0v) is 14.1. The average Bonchev–Trinajstić information content (AvgIpc) is 3.19. The molecular weight excluding hydrogens is 310 g/mol. The topological polar surface area (TPSA) is 85.8 Å². The van der Waals surface area contributed by atoms with Crippen molar-refractivity contribution in [3.05, 3.63) is 34.3 Å². The summed E-state index contributed by atoms with van der Waals surface area (Å²) in [4.78, 5) is 13.6. The van der Waals surface area contributed by atoms with E-state index in [9.17, 15) is 4.79 Å². The largest absolute Gasteiger partial charge is 0.348 e. The van der Waals surface area contributed by atoms with Gasteiger partial charge in [0.15, 0.2) is 5.69 Å². The van der Waals surface area contributed by atoms with Gasteiger partial charge in [0, 0.05) is 23.4 Å². The van der Waals surface area contributed by atoms with Gasteiger partial charge in [-0.15, -0.1) is 16.4 Å². The van der Waals surface area contributed by atoms with Crippen molar-refractivity contribution in [2.75, 3.05) is 0 Å². The number of nitrogens with one attached hydrogen (secondary N) is 1. The summed E-state index contributed by atoms with van der Waals surface area (Å²) in [6.45, 7) is 2.00. The molecule has 1 amide bonds. The van der Waals surface area contributed by atoms with Gasteiger partial charge < -0.3 is 11.1 Å². The summed E-state index contributed by atoms with van der Waals surface area (Å²) in [7, 11) is 0. The fraction of sp³-hybridized carbons (Fsp3) is 0.562. The Labute approximate surface area is 140 Å². The molecule has 7 heteroatoms.